The zero-order chi connectivity index (χ0) is 17.1. The molecule has 0 saturated carbocycles. The van der Waals surface area contributed by atoms with Gasteiger partial charge < -0.3 is 4.98 Å². The lowest BCUT2D eigenvalue weighted by Gasteiger charge is -2.02. The third-order valence-corrected chi connectivity index (χ3v) is 4.49. The van der Waals surface area contributed by atoms with Gasteiger partial charge in [-0.3, -0.25) is 9.78 Å². The molecule has 0 fully saturated rings. The van der Waals surface area contributed by atoms with Crippen molar-refractivity contribution < 1.29 is 4.79 Å². The summed E-state index contributed by atoms with van der Waals surface area (Å²) < 4.78 is 0. The summed E-state index contributed by atoms with van der Waals surface area (Å²) in [6.07, 6.45) is 4.93. The molecule has 0 radical (unpaired) electrons. The van der Waals surface area contributed by atoms with Gasteiger partial charge in [0.2, 0.25) is 0 Å². The highest BCUT2D eigenvalue weighted by molar-refractivity contribution is 7.08. The van der Waals surface area contributed by atoms with Crippen LogP contribution < -0.4 is 5.43 Å². The van der Waals surface area contributed by atoms with Crippen molar-refractivity contribution in [2.75, 3.05) is 0 Å². The van der Waals surface area contributed by atoms with E-state index in [1.807, 2.05) is 53.2 Å². The molecule has 6 heteroatoms. The number of pyridine rings is 1. The zero-order valence-corrected chi connectivity index (χ0v) is 14.0. The number of hydrazone groups is 1. The zero-order valence-electron chi connectivity index (χ0n) is 13.1. The van der Waals surface area contributed by atoms with Crippen molar-refractivity contribution >= 4 is 34.4 Å². The van der Waals surface area contributed by atoms with E-state index in [0.717, 1.165) is 27.6 Å². The maximum Gasteiger partial charge on any atom is 0.288 e. The number of aromatic amines is 1. The number of aromatic nitrogens is 2. The Morgan fingerprint density at radius 2 is 2.12 bits per heavy atom. The summed E-state index contributed by atoms with van der Waals surface area (Å²) in [4.78, 5) is 19.9. The van der Waals surface area contributed by atoms with Crippen molar-refractivity contribution in [1.82, 2.24) is 15.4 Å². The molecule has 0 bridgehead atoms. The Labute approximate surface area is 148 Å². The van der Waals surface area contributed by atoms with Crippen molar-refractivity contribution in [2.24, 2.45) is 5.10 Å². The van der Waals surface area contributed by atoms with Crippen molar-refractivity contribution in [3.63, 3.8) is 0 Å². The van der Waals surface area contributed by atoms with Crippen LogP contribution in [0.1, 0.15) is 16.1 Å². The van der Waals surface area contributed by atoms with Gasteiger partial charge in [-0.2, -0.15) is 16.4 Å². The minimum absolute atomic E-state index is 0.280. The molecule has 1 aromatic carbocycles. The van der Waals surface area contributed by atoms with Crippen LogP contribution in [-0.4, -0.2) is 22.1 Å². The van der Waals surface area contributed by atoms with E-state index in [1.165, 1.54) is 0 Å². The Morgan fingerprint density at radius 3 is 2.92 bits per heavy atom. The standard InChI is InChI=1S/C19H14N4OS/c24-19(23-21-11-13-4-3-8-20-10-13)18-17(14-7-9-25-12-14)15-5-1-2-6-16(15)22-18/h1-12,22H,(H,23,24)/b21-11-. The number of carbonyl (C=O) groups is 1. The molecule has 3 aromatic heterocycles. The van der Waals surface area contributed by atoms with Crippen molar-refractivity contribution in [3.05, 3.63) is 76.9 Å². The van der Waals surface area contributed by atoms with E-state index in [4.69, 9.17) is 0 Å². The summed E-state index contributed by atoms with van der Waals surface area (Å²) >= 11 is 1.60. The number of hydrogen-bond donors (Lipinski definition) is 2. The summed E-state index contributed by atoms with van der Waals surface area (Å²) in [6.45, 7) is 0. The van der Waals surface area contributed by atoms with Crippen LogP contribution >= 0.6 is 11.3 Å². The van der Waals surface area contributed by atoms with E-state index in [-0.39, 0.29) is 5.91 Å². The average molecular weight is 346 g/mol. The Balaban J connectivity index is 1.68. The van der Waals surface area contributed by atoms with Crippen LogP contribution in [0.2, 0.25) is 0 Å². The molecule has 0 aliphatic heterocycles. The highest BCUT2D eigenvalue weighted by Gasteiger charge is 2.18. The molecule has 0 aliphatic carbocycles. The maximum atomic E-state index is 12.7. The van der Waals surface area contributed by atoms with Crippen molar-refractivity contribution in [3.8, 4) is 11.1 Å². The van der Waals surface area contributed by atoms with E-state index < -0.39 is 0 Å². The van der Waals surface area contributed by atoms with Gasteiger partial charge in [0.1, 0.15) is 5.69 Å². The summed E-state index contributed by atoms with van der Waals surface area (Å²) in [5.41, 5.74) is 6.74. The average Bonchev–Trinajstić information content (AvgIpc) is 3.29. The summed E-state index contributed by atoms with van der Waals surface area (Å²) in [5, 5.41) is 9.08. The quantitative estimate of drug-likeness (QED) is 0.432. The van der Waals surface area contributed by atoms with Gasteiger partial charge in [-0.1, -0.05) is 24.3 Å². The normalized spacial score (nSPS) is 11.2. The number of amides is 1. The van der Waals surface area contributed by atoms with Crippen LogP contribution in [0, 0.1) is 0 Å². The van der Waals surface area contributed by atoms with Gasteiger partial charge in [-0.05, 0) is 34.5 Å². The number of rotatable bonds is 4. The van der Waals surface area contributed by atoms with Gasteiger partial charge in [0.15, 0.2) is 0 Å². The molecular weight excluding hydrogens is 332 g/mol. The highest BCUT2D eigenvalue weighted by atomic mass is 32.1. The molecule has 4 aromatic rings. The number of benzene rings is 1. The molecule has 0 unspecified atom stereocenters. The SMILES string of the molecule is O=C(N/N=C\c1cccnc1)c1[nH]c2ccccc2c1-c1ccsc1. The summed E-state index contributed by atoms with van der Waals surface area (Å²) in [6, 6.07) is 13.6. The molecule has 122 valence electrons. The van der Waals surface area contributed by atoms with Crippen LogP contribution in [0.4, 0.5) is 0 Å². The Hall–Kier alpha value is -3.25. The minimum atomic E-state index is -0.280. The molecule has 25 heavy (non-hydrogen) atoms. The first-order valence-corrected chi connectivity index (χ1v) is 8.64. The van der Waals surface area contributed by atoms with E-state index in [1.54, 1.807) is 29.9 Å². The number of nitrogens with one attached hydrogen (secondary N) is 2. The van der Waals surface area contributed by atoms with Crippen LogP contribution in [0.15, 0.2) is 70.7 Å². The fraction of sp³-hybridized carbons (Fsp3) is 0. The molecule has 0 spiro atoms. The topological polar surface area (TPSA) is 70.1 Å². The molecule has 1 amide bonds. The smallest absolute Gasteiger partial charge is 0.288 e. The monoisotopic (exact) mass is 346 g/mol. The Kier molecular flexibility index (Phi) is 4.10. The molecule has 0 saturated heterocycles. The van der Waals surface area contributed by atoms with E-state index in [9.17, 15) is 4.79 Å². The number of nitrogens with zero attached hydrogens (tertiary/aromatic N) is 2. The first-order valence-electron chi connectivity index (χ1n) is 7.69. The number of H-pyrrole nitrogens is 1. The van der Waals surface area contributed by atoms with Gasteiger partial charge in [0.25, 0.3) is 5.91 Å². The molecule has 0 aliphatic rings. The molecule has 3 heterocycles. The van der Waals surface area contributed by atoms with Crippen LogP contribution in [0.5, 0.6) is 0 Å². The third kappa shape index (κ3) is 3.07. The molecule has 2 N–H and O–H groups in total. The number of fused-ring (bicyclic) bond motifs is 1. The van der Waals surface area contributed by atoms with E-state index >= 15 is 0 Å². The predicted octanol–water partition coefficient (Wildman–Crippen LogP) is 4.06. The van der Waals surface area contributed by atoms with Crippen LogP contribution in [0.25, 0.3) is 22.0 Å². The van der Waals surface area contributed by atoms with Gasteiger partial charge in [0, 0.05) is 34.4 Å². The largest absolute Gasteiger partial charge is 0.350 e. The molecule has 4 rings (SSSR count). The maximum absolute atomic E-state index is 12.7. The van der Waals surface area contributed by atoms with E-state index in [0.29, 0.717) is 5.69 Å². The first-order chi connectivity index (χ1) is 12.3. The summed E-state index contributed by atoms with van der Waals surface area (Å²) in [5.74, 6) is -0.280. The van der Waals surface area contributed by atoms with Gasteiger partial charge in [0.05, 0.1) is 6.21 Å². The van der Waals surface area contributed by atoms with Crippen LogP contribution in [-0.2, 0) is 0 Å². The Bertz CT molecular complexity index is 1040. The minimum Gasteiger partial charge on any atom is -0.350 e. The number of hydrogen-bond acceptors (Lipinski definition) is 4. The second-order valence-corrected chi connectivity index (χ2v) is 6.20. The van der Waals surface area contributed by atoms with Crippen LogP contribution in [0.3, 0.4) is 0 Å². The third-order valence-electron chi connectivity index (χ3n) is 3.81. The van der Waals surface area contributed by atoms with Crippen molar-refractivity contribution in [2.45, 2.75) is 0 Å². The lowest BCUT2D eigenvalue weighted by atomic mass is 10.0. The second-order valence-electron chi connectivity index (χ2n) is 5.42. The fourth-order valence-corrected chi connectivity index (χ4v) is 3.34. The van der Waals surface area contributed by atoms with Gasteiger partial charge in [-0.15, -0.1) is 0 Å². The van der Waals surface area contributed by atoms with Crippen molar-refractivity contribution in [1.29, 1.82) is 0 Å². The lowest BCUT2D eigenvalue weighted by Crippen LogP contribution is -2.18. The van der Waals surface area contributed by atoms with Gasteiger partial charge >= 0.3 is 0 Å². The predicted molar refractivity (Wildman–Crippen MR) is 101 cm³/mol. The molecule has 5 nitrogen and oxygen atoms in total. The second kappa shape index (κ2) is 6.70. The number of thiophene rings is 1. The van der Waals surface area contributed by atoms with E-state index in [2.05, 4.69) is 20.5 Å². The number of para-hydroxylation sites is 1. The number of carbonyl (C=O) groups excluding carboxylic acids is 1. The highest BCUT2D eigenvalue weighted by Crippen LogP contribution is 2.33. The molecule has 0 atom stereocenters. The molecular formula is C19H14N4OS. The Morgan fingerprint density at radius 1 is 1.20 bits per heavy atom. The lowest BCUT2D eigenvalue weighted by molar-refractivity contribution is 0.0951. The van der Waals surface area contributed by atoms with Gasteiger partial charge in [-0.25, -0.2) is 5.43 Å². The summed E-state index contributed by atoms with van der Waals surface area (Å²) in [7, 11) is 0. The fourth-order valence-electron chi connectivity index (χ4n) is 2.69. The first kappa shape index (κ1) is 15.3.